The number of alkyl halides is 3. The molecular weight excluding hydrogens is 285 g/mol. The maximum atomic E-state index is 12.7. The summed E-state index contributed by atoms with van der Waals surface area (Å²) in [6, 6.07) is 2.72. The molecule has 1 amide bonds. The molecule has 0 fully saturated rings. The molecule has 0 saturated heterocycles. The highest BCUT2D eigenvalue weighted by Gasteiger charge is 2.31. The number of rotatable bonds is 5. The molecule has 0 aliphatic carbocycles. The Labute approximate surface area is 121 Å². The summed E-state index contributed by atoms with van der Waals surface area (Å²) in [4.78, 5) is 13.4. The van der Waals surface area contributed by atoms with Crippen molar-refractivity contribution in [1.82, 2.24) is 4.90 Å². The molecule has 118 valence electrons. The number of carbonyl (C=O) groups excluding carboxylic acids is 1. The zero-order chi connectivity index (χ0) is 16.2. The molecule has 0 unspecified atom stereocenters. The van der Waals surface area contributed by atoms with Crippen molar-refractivity contribution in [3.63, 3.8) is 0 Å². The van der Waals surface area contributed by atoms with E-state index in [-0.39, 0.29) is 23.9 Å². The molecule has 0 aliphatic heterocycles. The van der Waals surface area contributed by atoms with Crippen molar-refractivity contribution in [2.75, 3.05) is 25.9 Å². The summed E-state index contributed by atoms with van der Waals surface area (Å²) in [7, 11) is 1.49. The summed E-state index contributed by atoms with van der Waals surface area (Å²) >= 11 is 0. The Bertz CT molecular complexity index is 501. The topological polar surface area (TPSA) is 55.6 Å². The van der Waals surface area contributed by atoms with E-state index in [0.717, 1.165) is 18.2 Å². The molecule has 0 bridgehead atoms. The van der Waals surface area contributed by atoms with Gasteiger partial charge in [-0.3, -0.25) is 4.79 Å². The zero-order valence-corrected chi connectivity index (χ0v) is 12.2. The van der Waals surface area contributed by atoms with E-state index in [4.69, 9.17) is 10.5 Å². The molecule has 1 aromatic rings. The number of nitrogen functional groups attached to an aromatic ring is 1. The number of nitrogens with zero attached hydrogens (tertiary/aromatic N) is 1. The van der Waals surface area contributed by atoms with Crippen LogP contribution in [0, 0.1) is 0 Å². The first-order valence-electron chi connectivity index (χ1n) is 6.46. The van der Waals surface area contributed by atoms with Gasteiger partial charge in [0.05, 0.1) is 23.8 Å². The van der Waals surface area contributed by atoms with E-state index in [2.05, 4.69) is 0 Å². The van der Waals surface area contributed by atoms with Crippen molar-refractivity contribution in [1.29, 1.82) is 0 Å². The Balaban J connectivity index is 2.86. The van der Waals surface area contributed by atoms with Crippen molar-refractivity contribution in [2.45, 2.75) is 26.1 Å². The summed E-state index contributed by atoms with van der Waals surface area (Å²) in [6.45, 7) is 4.28. The van der Waals surface area contributed by atoms with Crippen LogP contribution in [0.15, 0.2) is 18.2 Å². The lowest BCUT2D eigenvalue weighted by Gasteiger charge is -2.19. The van der Waals surface area contributed by atoms with Crippen LogP contribution in [-0.2, 0) is 10.9 Å². The highest BCUT2D eigenvalue weighted by molar-refractivity contribution is 5.99. The van der Waals surface area contributed by atoms with Gasteiger partial charge in [-0.2, -0.15) is 13.2 Å². The number of likely N-dealkylation sites (N-methyl/N-ethyl adjacent to an activating group) is 1. The molecular formula is C14H19F3N2O2. The summed E-state index contributed by atoms with van der Waals surface area (Å²) in [5.41, 5.74) is 4.57. The van der Waals surface area contributed by atoms with Crippen molar-refractivity contribution in [2.24, 2.45) is 0 Å². The van der Waals surface area contributed by atoms with Crippen molar-refractivity contribution >= 4 is 11.6 Å². The van der Waals surface area contributed by atoms with E-state index in [0.29, 0.717) is 6.61 Å². The van der Waals surface area contributed by atoms with Gasteiger partial charge < -0.3 is 15.4 Å². The van der Waals surface area contributed by atoms with Gasteiger partial charge in [-0.05, 0) is 32.0 Å². The van der Waals surface area contributed by atoms with Crippen LogP contribution >= 0.6 is 0 Å². The van der Waals surface area contributed by atoms with Crippen LogP contribution in [0.4, 0.5) is 18.9 Å². The van der Waals surface area contributed by atoms with Crippen LogP contribution in [0.1, 0.15) is 29.8 Å². The fourth-order valence-electron chi connectivity index (χ4n) is 1.65. The van der Waals surface area contributed by atoms with Crippen molar-refractivity contribution in [3.05, 3.63) is 29.3 Å². The molecule has 0 atom stereocenters. The molecule has 4 nitrogen and oxygen atoms in total. The lowest BCUT2D eigenvalue weighted by molar-refractivity contribution is -0.137. The monoisotopic (exact) mass is 304 g/mol. The van der Waals surface area contributed by atoms with Crippen LogP contribution in [-0.4, -0.2) is 37.1 Å². The lowest BCUT2D eigenvalue weighted by Crippen LogP contribution is -2.31. The Morgan fingerprint density at radius 1 is 1.38 bits per heavy atom. The normalized spacial score (nSPS) is 11.8. The molecule has 0 aromatic heterocycles. The largest absolute Gasteiger partial charge is 0.416 e. The van der Waals surface area contributed by atoms with E-state index in [1.807, 2.05) is 13.8 Å². The molecule has 0 heterocycles. The number of hydrogen-bond donors (Lipinski definition) is 1. The molecule has 2 N–H and O–H groups in total. The third-order valence-corrected chi connectivity index (χ3v) is 2.84. The minimum absolute atomic E-state index is 0.0182. The van der Waals surface area contributed by atoms with Crippen LogP contribution in [0.2, 0.25) is 0 Å². The fraction of sp³-hybridized carbons (Fsp3) is 0.500. The minimum Gasteiger partial charge on any atom is -0.398 e. The van der Waals surface area contributed by atoms with Gasteiger partial charge >= 0.3 is 6.18 Å². The summed E-state index contributed by atoms with van der Waals surface area (Å²) in [5.74, 6) is -0.564. The number of anilines is 1. The van der Waals surface area contributed by atoms with E-state index in [1.54, 1.807) is 0 Å². The average molecular weight is 304 g/mol. The lowest BCUT2D eigenvalue weighted by atomic mass is 10.1. The Morgan fingerprint density at radius 2 is 2.00 bits per heavy atom. The summed E-state index contributed by atoms with van der Waals surface area (Å²) < 4.78 is 43.3. The molecule has 0 spiro atoms. The molecule has 21 heavy (non-hydrogen) atoms. The first kappa shape index (κ1) is 17.3. The maximum Gasteiger partial charge on any atom is 0.416 e. The van der Waals surface area contributed by atoms with E-state index >= 15 is 0 Å². The number of carbonyl (C=O) groups is 1. The number of amides is 1. The van der Waals surface area contributed by atoms with Gasteiger partial charge in [0, 0.05) is 19.3 Å². The number of nitrogens with two attached hydrogens (primary N) is 1. The quantitative estimate of drug-likeness (QED) is 0.851. The Morgan fingerprint density at radius 3 is 2.52 bits per heavy atom. The molecule has 0 radical (unpaired) electrons. The molecule has 0 aliphatic rings. The average Bonchev–Trinajstić information content (AvgIpc) is 2.36. The predicted octanol–water partition coefficient (Wildman–Crippen LogP) is 2.78. The van der Waals surface area contributed by atoms with Crippen LogP contribution in [0.3, 0.4) is 0 Å². The van der Waals surface area contributed by atoms with Gasteiger partial charge in [0.1, 0.15) is 0 Å². The van der Waals surface area contributed by atoms with E-state index < -0.39 is 17.6 Å². The summed E-state index contributed by atoms with van der Waals surface area (Å²) in [6.07, 6.45) is -4.49. The summed E-state index contributed by atoms with van der Waals surface area (Å²) in [5, 5.41) is 0. The SMILES string of the molecule is CC(C)OCCN(C)C(=O)c1cc(C(F)(F)F)ccc1N. The smallest absolute Gasteiger partial charge is 0.398 e. The second-order valence-electron chi connectivity index (χ2n) is 4.95. The van der Waals surface area contributed by atoms with E-state index in [9.17, 15) is 18.0 Å². The molecule has 7 heteroatoms. The fourth-order valence-corrected chi connectivity index (χ4v) is 1.65. The minimum atomic E-state index is -4.51. The zero-order valence-electron chi connectivity index (χ0n) is 12.2. The first-order valence-corrected chi connectivity index (χ1v) is 6.46. The standard InChI is InChI=1S/C14H19F3N2O2/c1-9(2)21-7-6-19(3)13(20)11-8-10(14(15,16)17)4-5-12(11)18/h4-5,8-9H,6-7,18H2,1-3H3. The second-order valence-corrected chi connectivity index (χ2v) is 4.95. The number of benzene rings is 1. The molecule has 1 rings (SSSR count). The molecule has 1 aromatic carbocycles. The number of halogens is 3. The van der Waals surface area contributed by atoms with Gasteiger partial charge in [-0.15, -0.1) is 0 Å². The Kier molecular flexibility index (Phi) is 5.60. The maximum absolute atomic E-state index is 12.7. The Hall–Kier alpha value is -1.76. The van der Waals surface area contributed by atoms with Crippen molar-refractivity contribution in [3.8, 4) is 0 Å². The predicted molar refractivity (Wildman–Crippen MR) is 73.9 cm³/mol. The van der Waals surface area contributed by atoms with Gasteiger partial charge in [-0.25, -0.2) is 0 Å². The molecule has 0 saturated carbocycles. The highest BCUT2D eigenvalue weighted by Crippen LogP contribution is 2.31. The number of hydrogen-bond acceptors (Lipinski definition) is 3. The van der Waals surface area contributed by atoms with Crippen LogP contribution in [0.25, 0.3) is 0 Å². The van der Waals surface area contributed by atoms with Crippen molar-refractivity contribution < 1.29 is 22.7 Å². The number of ether oxygens (including phenoxy) is 1. The second kappa shape index (κ2) is 6.80. The van der Waals surface area contributed by atoms with Crippen LogP contribution in [0.5, 0.6) is 0 Å². The van der Waals surface area contributed by atoms with Gasteiger partial charge in [-0.1, -0.05) is 0 Å². The first-order chi connectivity index (χ1) is 9.62. The third kappa shape index (κ3) is 4.93. The van der Waals surface area contributed by atoms with Crippen LogP contribution < -0.4 is 5.73 Å². The van der Waals surface area contributed by atoms with E-state index in [1.165, 1.54) is 11.9 Å². The third-order valence-electron chi connectivity index (χ3n) is 2.84. The van der Waals surface area contributed by atoms with Gasteiger partial charge in [0.15, 0.2) is 0 Å². The van der Waals surface area contributed by atoms with Gasteiger partial charge in [0.2, 0.25) is 0 Å². The highest BCUT2D eigenvalue weighted by atomic mass is 19.4. The van der Waals surface area contributed by atoms with Gasteiger partial charge in [0.25, 0.3) is 5.91 Å².